The Morgan fingerprint density at radius 3 is 1.12 bits per heavy atom. The average molecular weight is 675 g/mol. The molecule has 4 aromatic heterocycles. The van der Waals surface area contributed by atoms with Crippen molar-refractivity contribution in [3.05, 3.63) is 157 Å². The summed E-state index contributed by atoms with van der Waals surface area (Å²) in [5.41, 5.74) is 7.98. The Balaban J connectivity index is 1.44. The second kappa shape index (κ2) is 10.3. The zero-order valence-electron chi connectivity index (χ0n) is 30.3. The van der Waals surface area contributed by atoms with Gasteiger partial charge in [0.25, 0.3) is 0 Å². The lowest BCUT2D eigenvalue weighted by molar-refractivity contribution is 0.595. The van der Waals surface area contributed by atoms with Crippen molar-refractivity contribution in [2.24, 2.45) is 0 Å². The monoisotopic (exact) mass is 674 g/mol. The molecule has 0 saturated heterocycles. The van der Waals surface area contributed by atoms with Crippen LogP contribution in [0.5, 0.6) is 0 Å². The smallest absolute Gasteiger partial charge is 0.179 e. The molecule has 0 atom stereocenters. The van der Waals surface area contributed by atoms with Gasteiger partial charge >= 0.3 is 0 Å². The molecule has 0 aliphatic heterocycles. The van der Waals surface area contributed by atoms with Crippen LogP contribution in [0, 0.1) is 0 Å². The van der Waals surface area contributed by atoms with Gasteiger partial charge in [0.15, 0.2) is 8.07 Å². The standard InChI is InChI=1S/C48H42N2Si/c1-47(2,3)41-29-49-43-23-15-13-21-35(43)37-25-33(27-39(41)45(37)49)51(31-17-9-7-10-18-31,32-19-11-8-12-20-32)34-26-38-36-22-14-16-24-44(36)50-30-42(48(4,5)6)40(28-34)46(38)50/h7-30H,1-6H3. The highest BCUT2D eigenvalue weighted by molar-refractivity contribution is 7.20. The molecule has 0 saturated carbocycles. The summed E-state index contributed by atoms with van der Waals surface area (Å²) < 4.78 is 4.92. The van der Waals surface area contributed by atoms with Crippen LogP contribution in [0.1, 0.15) is 52.7 Å². The zero-order chi connectivity index (χ0) is 34.9. The molecular weight excluding hydrogens is 633 g/mol. The van der Waals surface area contributed by atoms with Crippen LogP contribution in [0.2, 0.25) is 0 Å². The summed E-state index contributed by atoms with van der Waals surface area (Å²) in [6, 6.07) is 51.2. The molecule has 0 spiro atoms. The number of nitrogens with zero attached hydrogens (tertiary/aromatic N) is 2. The topological polar surface area (TPSA) is 8.82 Å². The van der Waals surface area contributed by atoms with Crippen molar-refractivity contribution in [1.82, 2.24) is 8.80 Å². The predicted molar refractivity (Wildman–Crippen MR) is 222 cm³/mol. The van der Waals surface area contributed by atoms with E-state index in [4.69, 9.17) is 0 Å². The van der Waals surface area contributed by atoms with Crippen LogP contribution in [0.15, 0.2) is 146 Å². The molecule has 4 heterocycles. The normalized spacial score (nSPS) is 13.3. The minimum atomic E-state index is -2.96. The summed E-state index contributed by atoms with van der Waals surface area (Å²) >= 11 is 0. The van der Waals surface area contributed by atoms with Gasteiger partial charge in [0, 0.05) is 44.7 Å². The molecule has 0 fully saturated rings. The fourth-order valence-corrected chi connectivity index (χ4v) is 14.2. The summed E-state index contributed by atoms with van der Waals surface area (Å²) in [5, 5.41) is 13.7. The first-order valence-electron chi connectivity index (χ1n) is 18.3. The highest BCUT2D eigenvalue weighted by Gasteiger charge is 2.43. The van der Waals surface area contributed by atoms with E-state index < -0.39 is 8.07 Å². The van der Waals surface area contributed by atoms with Crippen molar-refractivity contribution in [2.45, 2.75) is 52.4 Å². The summed E-state index contributed by atoms with van der Waals surface area (Å²) in [6.45, 7) is 14.1. The van der Waals surface area contributed by atoms with Gasteiger partial charge in [-0.15, -0.1) is 0 Å². The third-order valence-electron chi connectivity index (χ3n) is 11.6. The summed E-state index contributed by atoms with van der Waals surface area (Å²) in [4.78, 5) is 0. The molecule has 10 rings (SSSR count). The van der Waals surface area contributed by atoms with Gasteiger partial charge in [0.05, 0.1) is 22.1 Å². The molecule has 2 nitrogen and oxygen atoms in total. The van der Waals surface area contributed by atoms with Crippen molar-refractivity contribution < 1.29 is 0 Å². The Morgan fingerprint density at radius 2 is 0.725 bits per heavy atom. The minimum Gasteiger partial charge on any atom is -0.315 e. The van der Waals surface area contributed by atoms with Crippen LogP contribution in [-0.4, -0.2) is 16.9 Å². The molecule has 0 unspecified atom stereocenters. The largest absolute Gasteiger partial charge is 0.315 e. The SMILES string of the molecule is CC(C)(C)c1cn2c3ccccc3c3cc([Si](c4ccccc4)(c4ccccc4)c4cc5c(C(C)(C)C)cn6c7ccccc7c(c4)c56)cc1c32. The molecule has 248 valence electrons. The molecule has 0 N–H and O–H groups in total. The highest BCUT2D eigenvalue weighted by Crippen LogP contribution is 2.41. The van der Waals surface area contributed by atoms with Gasteiger partial charge in [-0.05, 0) is 54.8 Å². The van der Waals surface area contributed by atoms with Crippen molar-refractivity contribution in [3.8, 4) is 0 Å². The number of hydrogen-bond donors (Lipinski definition) is 0. The van der Waals surface area contributed by atoms with Gasteiger partial charge in [-0.2, -0.15) is 0 Å². The first-order valence-corrected chi connectivity index (χ1v) is 20.3. The molecular formula is C48H42N2Si. The van der Waals surface area contributed by atoms with E-state index in [0.717, 1.165) is 0 Å². The van der Waals surface area contributed by atoms with E-state index in [2.05, 4.69) is 196 Å². The maximum Gasteiger partial charge on any atom is 0.179 e. The molecule has 0 bridgehead atoms. The Hall–Kier alpha value is -5.38. The highest BCUT2D eigenvalue weighted by atomic mass is 28.3. The number of rotatable bonds is 4. The molecule has 0 aliphatic rings. The van der Waals surface area contributed by atoms with Crippen LogP contribution in [0.3, 0.4) is 0 Å². The Morgan fingerprint density at radius 1 is 0.373 bits per heavy atom. The van der Waals surface area contributed by atoms with Crippen LogP contribution < -0.4 is 20.7 Å². The van der Waals surface area contributed by atoms with Crippen molar-refractivity contribution in [2.75, 3.05) is 0 Å². The van der Waals surface area contributed by atoms with Gasteiger partial charge in [-0.3, -0.25) is 0 Å². The molecule has 10 aromatic rings. The predicted octanol–water partition coefficient (Wildman–Crippen LogP) is 9.65. The van der Waals surface area contributed by atoms with Gasteiger partial charge in [0.1, 0.15) is 0 Å². The quantitative estimate of drug-likeness (QED) is 0.130. The molecule has 6 aromatic carbocycles. The van der Waals surface area contributed by atoms with E-state index in [0.29, 0.717) is 0 Å². The van der Waals surface area contributed by atoms with E-state index >= 15 is 0 Å². The van der Waals surface area contributed by atoms with Crippen molar-refractivity contribution in [3.63, 3.8) is 0 Å². The lowest BCUT2D eigenvalue weighted by atomic mass is 9.86. The van der Waals surface area contributed by atoms with Crippen molar-refractivity contribution >= 4 is 83.2 Å². The lowest BCUT2D eigenvalue weighted by Gasteiger charge is -2.35. The molecule has 0 radical (unpaired) electrons. The molecule has 0 amide bonds. The van der Waals surface area contributed by atoms with Gasteiger partial charge in [-0.1, -0.05) is 163 Å². The van der Waals surface area contributed by atoms with Crippen LogP contribution in [0.4, 0.5) is 0 Å². The Kier molecular flexibility index (Phi) is 6.17. The first-order chi connectivity index (χ1) is 24.6. The third-order valence-corrected chi connectivity index (χ3v) is 16.3. The van der Waals surface area contributed by atoms with E-state index in [-0.39, 0.29) is 10.8 Å². The second-order valence-electron chi connectivity index (χ2n) is 16.7. The van der Waals surface area contributed by atoms with Gasteiger partial charge in [0.2, 0.25) is 0 Å². The fourth-order valence-electron chi connectivity index (χ4n) is 9.34. The molecule has 51 heavy (non-hydrogen) atoms. The summed E-state index contributed by atoms with van der Waals surface area (Å²) in [6.07, 6.45) is 4.83. The Bertz CT molecular complexity index is 2710. The van der Waals surface area contributed by atoms with E-state index in [1.54, 1.807) is 0 Å². The number of para-hydroxylation sites is 2. The summed E-state index contributed by atoms with van der Waals surface area (Å²) in [5.74, 6) is 0. The van der Waals surface area contributed by atoms with Crippen LogP contribution in [0.25, 0.3) is 54.4 Å². The van der Waals surface area contributed by atoms with E-state index in [1.807, 2.05) is 0 Å². The zero-order valence-corrected chi connectivity index (χ0v) is 31.3. The van der Waals surface area contributed by atoms with E-state index in [1.165, 1.54) is 86.3 Å². The van der Waals surface area contributed by atoms with Crippen molar-refractivity contribution in [1.29, 1.82) is 0 Å². The van der Waals surface area contributed by atoms with E-state index in [9.17, 15) is 0 Å². The number of aromatic nitrogens is 2. The maximum absolute atomic E-state index is 2.96. The second-order valence-corrected chi connectivity index (χ2v) is 20.5. The van der Waals surface area contributed by atoms with Gasteiger partial charge in [-0.25, -0.2) is 0 Å². The lowest BCUT2D eigenvalue weighted by Crippen LogP contribution is -2.74. The third kappa shape index (κ3) is 4.10. The average Bonchev–Trinajstić information content (AvgIpc) is 3.88. The molecule has 3 heteroatoms. The Labute approximate surface area is 300 Å². The fraction of sp³-hybridized carbons (Fsp3) is 0.167. The summed E-state index contributed by atoms with van der Waals surface area (Å²) in [7, 11) is -2.96. The number of hydrogen-bond acceptors (Lipinski definition) is 0. The number of benzene rings is 6. The molecule has 0 aliphatic carbocycles. The first kappa shape index (κ1) is 30.4. The van der Waals surface area contributed by atoms with Crippen LogP contribution >= 0.6 is 0 Å². The van der Waals surface area contributed by atoms with Crippen LogP contribution in [-0.2, 0) is 10.8 Å². The maximum atomic E-state index is 2.60. The number of fused-ring (bicyclic) bond motifs is 6. The minimum absolute atomic E-state index is 0.0194. The van der Waals surface area contributed by atoms with Gasteiger partial charge < -0.3 is 8.80 Å².